The van der Waals surface area contributed by atoms with Gasteiger partial charge in [0.05, 0.1) is 10.7 Å². The lowest BCUT2D eigenvalue weighted by molar-refractivity contribution is 0.112. The zero-order valence-electron chi connectivity index (χ0n) is 10.7. The maximum absolute atomic E-state index is 6.04. The van der Waals surface area contributed by atoms with E-state index < -0.39 is 0 Å². The number of likely N-dealkylation sites (tertiary alicyclic amines) is 1. The number of hydrogen-bond donors (Lipinski definition) is 1. The van der Waals surface area contributed by atoms with Crippen molar-refractivity contribution in [1.29, 1.82) is 0 Å². The molecule has 17 heavy (non-hydrogen) atoms. The highest BCUT2D eigenvalue weighted by Gasteiger charge is 2.26. The Bertz CT molecular complexity index is 401. The predicted octanol–water partition coefficient (Wildman–Crippen LogP) is 3.54. The molecule has 0 aliphatic carbocycles. The summed E-state index contributed by atoms with van der Waals surface area (Å²) in [7, 11) is 0. The Hall–Kier alpha value is -0.730. The Balaban J connectivity index is 2.03. The van der Waals surface area contributed by atoms with E-state index in [-0.39, 0.29) is 0 Å². The molecule has 0 unspecified atom stereocenters. The van der Waals surface area contributed by atoms with Gasteiger partial charge in [0, 0.05) is 13.1 Å². The normalized spacial score (nSPS) is 20.4. The molecule has 1 heterocycles. The van der Waals surface area contributed by atoms with E-state index in [2.05, 4.69) is 24.8 Å². The molecule has 2 nitrogen and oxygen atoms in total. The fraction of sp³-hybridized carbons (Fsp3) is 0.571. The highest BCUT2D eigenvalue weighted by Crippen LogP contribution is 2.29. The minimum atomic E-state index is 0.440. The summed E-state index contributed by atoms with van der Waals surface area (Å²) >= 11 is 6.04. The second-order valence-corrected chi connectivity index (χ2v) is 6.24. The van der Waals surface area contributed by atoms with Gasteiger partial charge in [0.1, 0.15) is 0 Å². The molecular weight excluding hydrogens is 232 g/mol. The first-order valence-electron chi connectivity index (χ1n) is 6.23. The maximum Gasteiger partial charge on any atom is 0.0638 e. The second-order valence-electron chi connectivity index (χ2n) is 5.83. The van der Waals surface area contributed by atoms with Gasteiger partial charge in [-0.2, -0.15) is 0 Å². The van der Waals surface area contributed by atoms with Gasteiger partial charge >= 0.3 is 0 Å². The fourth-order valence-electron chi connectivity index (χ4n) is 2.61. The van der Waals surface area contributed by atoms with E-state index in [0.717, 1.165) is 13.1 Å². The van der Waals surface area contributed by atoms with Crippen LogP contribution in [0.15, 0.2) is 18.2 Å². The zero-order chi connectivity index (χ0) is 12.5. The molecule has 94 valence electrons. The van der Waals surface area contributed by atoms with Crippen molar-refractivity contribution in [3.05, 3.63) is 28.8 Å². The van der Waals surface area contributed by atoms with Crippen LogP contribution in [0.5, 0.6) is 0 Å². The van der Waals surface area contributed by atoms with Crippen LogP contribution < -0.4 is 5.73 Å². The summed E-state index contributed by atoms with van der Waals surface area (Å²) in [4.78, 5) is 2.51. The molecule has 2 rings (SSSR count). The minimum Gasteiger partial charge on any atom is -0.398 e. The number of halogens is 1. The third-order valence-electron chi connectivity index (χ3n) is 3.45. The van der Waals surface area contributed by atoms with E-state index in [4.69, 9.17) is 17.3 Å². The molecule has 0 atom stereocenters. The molecule has 0 spiro atoms. The Morgan fingerprint density at radius 3 is 2.82 bits per heavy atom. The van der Waals surface area contributed by atoms with Crippen molar-refractivity contribution < 1.29 is 0 Å². The average molecular weight is 253 g/mol. The Kier molecular flexibility index (Phi) is 3.64. The number of benzene rings is 1. The van der Waals surface area contributed by atoms with E-state index in [0.29, 0.717) is 16.1 Å². The fourth-order valence-corrected chi connectivity index (χ4v) is 2.81. The highest BCUT2D eigenvalue weighted by molar-refractivity contribution is 6.33. The molecule has 0 amide bonds. The lowest BCUT2D eigenvalue weighted by Gasteiger charge is -2.38. The van der Waals surface area contributed by atoms with Crippen LogP contribution in [0.25, 0.3) is 0 Å². The molecular formula is C14H21ClN2. The molecule has 0 aromatic heterocycles. The Morgan fingerprint density at radius 2 is 2.18 bits per heavy atom. The van der Waals surface area contributed by atoms with E-state index in [1.807, 2.05) is 12.1 Å². The Labute approximate surface area is 109 Å². The average Bonchev–Trinajstić information content (AvgIpc) is 2.22. The molecule has 0 bridgehead atoms. The summed E-state index contributed by atoms with van der Waals surface area (Å²) < 4.78 is 0. The van der Waals surface area contributed by atoms with Crippen LogP contribution in [-0.4, -0.2) is 18.0 Å². The molecule has 1 saturated heterocycles. The van der Waals surface area contributed by atoms with Crippen LogP contribution in [0.1, 0.15) is 32.3 Å². The van der Waals surface area contributed by atoms with Gasteiger partial charge in [0.15, 0.2) is 0 Å². The van der Waals surface area contributed by atoms with Crippen LogP contribution in [0.2, 0.25) is 5.02 Å². The number of piperidine rings is 1. The lowest BCUT2D eigenvalue weighted by atomic mass is 9.84. The van der Waals surface area contributed by atoms with Crippen LogP contribution in [-0.2, 0) is 6.54 Å². The number of nitrogen functional groups attached to an aromatic ring is 1. The largest absolute Gasteiger partial charge is 0.398 e. The summed E-state index contributed by atoms with van der Waals surface area (Å²) in [6.45, 7) is 8.01. The molecule has 1 fully saturated rings. The molecule has 1 aromatic rings. The minimum absolute atomic E-state index is 0.440. The van der Waals surface area contributed by atoms with Crippen molar-refractivity contribution in [2.24, 2.45) is 5.41 Å². The standard InChI is InChI=1S/C14H21ClN2/c1-14(2)6-3-7-17(10-14)9-11-4-5-13(16)12(15)8-11/h4-5,8H,3,6-7,9-10,16H2,1-2H3. The number of hydrogen-bond acceptors (Lipinski definition) is 2. The van der Waals surface area contributed by atoms with Crippen molar-refractivity contribution >= 4 is 17.3 Å². The molecule has 1 aliphatic heterocycles. The van der Waals surface area contributed by atoms with Crippen molar-refractivity contribution in [1.82, 2.24) is 4.90 Å². The van der Waals surface area contributed by atoms with Crippen molar-refractivity contribution in [2.75, 3.05) is 18.8 Å². The number of nitrogens with two attached hydrogens (primary N) is 1. The van der Waals surface area contributed by atoms with Gasteiger partial charge in [-0.1, -0.05) is 31.5 Å². The number of rotatable bonds is 2. The van der Waals surface area contributed by atoms with Gasteiger partial charge in [-0.05, 0) is 42.5 Å². The Morgan fingerprint density at radius 1 is 1.41 bits per heavy atom. The van der Waals surface area contributed by atoms with Gasteiger partial charge in [0.25, 0.3) is 0 Å². The van der Waals surface area contributed by atoms with Crippen LogP contribution in [0.3, 0.4) is 0 Å². The van der Waals surface area contributed by atoms with Crippen molar-refractivity contribution in [3.8, 4) is 0 Å². The zero-order valence-corrected chi connectivity index (χ0v) is 11.4. The van der Waals surface area contributed by atoms with Gasteiger partial charge < -0.3 is 5.73 Å². The van der Waals surface area contributed by atoms with E-state index in [9.17, 15) is 0 Å². The molecule has 1 aromatic carbocycles. The van der Waals surface area contributed by atoms with Gasteiger partial charge in [-0.25, -0.2) is 0 Å². The number of nitrogens with zero attached hydrogens (tertiary/aromatic N) is 1. The van der Waals surface area contributed by atoms with Gasteiger partial charge in [-0.15, -0.1) is 0 Å². The third-order valence-corrected chi connectivity index (χ3v) is 3.78. The first-order chi connectivity index (χ1) is 7.96. The predicted molar refractivity (Wildman–Crippen MR) is 74.2 cm³/mol. The monoisotopic (exact) mass is 252 g/mol. The lowest BCUT2D eigenvalue weighted by Crippen LogP contribution is -2.39. The summed E-state index contributed by atoms with van der Waals surface area (Å²) in [5.41, 5.74) is 8.07. The molecule has 0 radical (unpaired) electrons. The van der Waals surface area contributed by atoms with E-state index in [1.165, 1.54) is 24.9 Å². The summed E-state index contributed by atoms with van der Waals surface area (Å²) in [5.74, 6) is 0. The van der Waals surface area contributed by atoms with Gasteiger partial charge in [-0.3, -0.25) is 4.90 Å². The van der Waals surface area contributed by atoms with Crippen molar-refractivity contribution in [3.63, 3.8) is 0 Å². The first kappa shape index (κ1) is 12.7. The molecule has 3 heteroatoms. The summed E-state index contributed by atoms with van der Waals surface area (Å²) in [6, 6.07) is 5.95. The quantitative estimate of drug-likeness (QED) is 0.816. The topological polar surface area (TPSA) is 29.3 Å². The third kappa shape index (κ3) is 3.36. The van der Waals surface area contributed by atoms with Gasteiger partial charge in [0.2, 0.25) is 0 Å². The summed E-state index contributed by atoms with van der Waals surface area (Å²) in [5, 5.41) is 0.666. The molecule has 2 N–H and O–H groups in total. The summed E-state index contributed by atoms with van der Waals surface area (Å²) in [6.07, 6.45) is 2.61. The molecule has 0 saturated carbocycles. The smallest absolute Gasteiger partial charge is 0.0638 e. The van der Waals surface area contributed by atoms with Crippen molar-refractivity contribution in [2.45, 2.75) is 33.2 Å². The van der Waals surface area contributed by atoms with E-state index in [1.54, 1.807) is 0 Å². The number of anilines is 1. The maximum atomic E-state index is 6.04. The SMILES string of the molecule is CC1(C)CCCN(Cc2ccc(N)c(Cl)c2)C1. The second kappa shape index (κ2) is 4.87. The van der Waals surface area contributed by atoms with Crippen LogP contribution >= 0.6 is 11.6 Å². The van der Waals surface area contributed by atoms with Crippen LogP contribution in [0.4, 0.5) is 5.69 Å². The van der Waals surface area contributed by atoms with Crippen LogP contribution in [0, 0.1) is 5.41 Å². The van der Waals surface area contributed by atoms with E-state index >= 15 is 0 Å². The molecule has 1 aliphatic rings. The highest BCUT2D eigenvalue weighted by atomic mass is 35.5. The first-order valence-corrected chi connectivity index (χ1v) is 6.60.